The fraction of sp³-hybridized carbons (Fsp3) is 0.750. The van der Waals surface area contributed by atoms with E-state index in [-0.39, 0.29) is 53.4 Å². The molecule has 1 aromatic rings. The number of aromatic nitrogens is 2. The number of nitrogens with zero attached hydrogens (tertiary/aromatic N) is 4. The quantitative estimate of drug-likeness (QED) is 0.583. The summed E-state index contributed by atoms with van der Waals surface area (Å²) >= 11 is 0. The molecule has 3 fully saturated rings. The van der Waals surface area contributed by atoms with Crippen LogP contribution in [0.4, 0.5) is 0 Å². The lowest BCUT2D eigenvalue weighted by molar-refractivity contribution is -0.151. The summed E-state index contributed by atoms with van der Waals surface area (Å²) in [6.07, 6.45) is -0.164. The van der Waals surface area contributed by atoms with Gasteiger partial charge in [-0.05, 0) is 37.0 Å². The van der Waals surface area contributed by atoms with Gasteiger partial charge < -0.3 is 20.3 Å². The standard InChI is InChI=1S/C24H34N6O5/c1-12-27-22(35-29-12)34-18(23(2,3)4)21(33)30-11-15-16(24(15,5)6)17(30)20(32)28-14(10-25)9-13-7-8-26-19(13)31/h13-18H,7-9,11H2,1-6H3,(H,26,31)(H,28,32)/t13-,14-,15-,16?,17-,18+/m0/s1. The molecule has 1 saturated carbocycles. The summed E-state index contributed by atoms with van der Waals surface area (Å²) in [5.74, 6) is -0.561. The maximum atomic E-state index is 13.8. The first-order valence-corrected chi connectivity index (χ1v) is 12.1. The van der Waals surface area contributed by atoms with E-state index >= 15 is 0 Å². The monoisotopic (exact) mass is 486 g/mol. The summed E-state index contributed by atoms with van der Waals surface area (Å²) in [6, 6.07) is 0.569. The molecule has 4 rings (SSSR count). The van der Waals surface area contributed by atoms with Crippen molar-refractivity contribution in [2.75, 3.05) is 13.1 Å². The Labute approximate surface area is 204 Å². The van der Waals surface area contributed by atoms with Gasteiger partial charge in [-0.3, -0.25) is 18.9 Å². The van der Waals surface area contributed by atoms with E-state index in [2.05, 4.69) is 40.7 Å². The Morgan fingerprint density at radius 3 is 2.66 bits per heavy atom. The zero-order valence-corrected chi connectivity index (χ0v) is 21.1. The topological polar surface area (TPSA) is 150 Å². The molecule has 3 amide bonds. The van der Waals surface area contributed by atoms with Crippen LogP contribution >= 0.6 is 0 Å². The van der Waals surface area contributed by atoms with Gasteiger partial charge in [-0.1, -0.05) is 39.8 Å². The molecule has 2 N–H and O–H groups in total. The van der Waals surface area contributed by atoms with E-state index in [1.165, 1.54) is 0 Å². The SMILES string of the molecule is Cc1noc(O[C@H](C(=O)N2C[C@H]3C([C@H]2C(=O)N[C@H](C#N)C[C@@H]2CCNC2=O)C3(C)C)C(C)(C)C)n1. The second-order valence-electron chi connectivity index (χ2n) is 11.6. The third-order valence-electron chi connectivity index (χ3n) is 7.65. The van der Waals surface area contributed by atoms with Crippen molar-refractivity contribution in [3.63, 3.8) is 0 Å². The Bertz CT molecular complexity index is 1050. The van der Waals surface area contributed by atoms with Crippen molar-refractivity contribution >= 4 is 17.7 Å². The minimum atomic E-state index is -0.952. The first-order chi connectivity index (χ1) is 16.3. The highest BCUT2D eigenvalue weighted by Crippen LogP contribution is 2.65. The number of amides is 3. The maximum absolute atomic E-state index is 13.8. The predicted octanol–water partition coefficient (Wildman–Crippen LogP) is 1.19. The van der Waals surface area contributed by atoms with Gasteiger partial charge in [0.2, 0.25) is 11.8 Å². The lowest BCUT2D eigenvalue weighted by Gasteiger charge is -2.36. The van der Waals surface area contributed by atoms with Crippen LogP contribution in [0, 0.1) is 46.8 Å². The minimum absolute atomic E-state index is 0.0214. The molecule has 2 saturated heterocycles. The zero-order valence-electron chi connectivity index (χ0n) is 21.1. The van der Waals surface area contributed by atoms with Gasteiger partial charge in [0.1, 0.15) is 12.1 Å². The largest absolute Gasteiger partial charge is 0.435 e. The number of piperidine rings is 1. The molecule has 35 heavy (non-hydrogen) atoms. The van der Waals surface area contributed by atoms with Crippen molar-refractivity contribution in [3.8, 4) is 12.1 Å². The summed E-state index contributed by atoms with van der Waals surface area (Å²) in [5.41, 5.74) is -0.707. The molecular weight excluding hydrogens is 452 g/mol. The fourth-order valence-corrected chi connectivity index (χ4v) is 5.54. The Hall–Kier alpha value is -3.16. The molecule has 1 unspecified atom stereocenters. The number of hydrogen-bond donors (Lipinski definition) is 2. The molecule has 1 aromatic heterocycles. The molecule has 0 aromatic carbocycles. The Kier molecular flexibility index (Phi) is 6.28. The van der Waals surface area contributed by atoms with Crippen LogP contribution in [0.5, 0.6) is 6.08 Å². The predicted molar refractivity (Wildman–Crippen MR) is 122 cm³/mol. The molecule has 0 spiro atoms. The third-order valence-corrected chi connectivity index (χ3v) is 7.65. The van der Waals surface area contributed by atoms with Crippen molar-refractivity contribution in [3.05, 3.63) is 5.82 Å². The average molecular weight is 487 g/mol. The molecule has 3 heterocycles. The lowest BCUT2D eigenvalue weighted by atomic mass is 9.87. The highest BCUT2D eigenvalue weighted by Gasteiger charge is 2.70. The lowest BCUT2D eigenvalue weighted by Crippen LogP contribution is -2.57. The normalized spacial score (nSPS) is 28.5. The summed E-state index contributed by atoms with van der Waals surface area (Å²) < 4.78 is 10.9. The van der Waals surface area contributed by atoms with Gasteiger partial charge in [0.25, 0.3) is 5.91 Å². The van der Waals surface area contributed by atoms with Gasteiger partial charge in [-0.2, -0.15) is 10.2 Å². The minimum Gasteiger partial charge on any atom is -0.435 e. The summed E-state index contributed by atoms with van der Waals surface area (Å²) in [6.45, 7) is 12.4. The number of rotatable bonds is 7. The van der Waals surface area contributed by atoms with Crippen LogP contribution in [0.2, 0.25) is 0 Å². The molecule has 0 radical (unpaired) electrons. The highest BCUT2D eigenvalue weighted by atomic mass is 16.6. The Balaban J connectivity index is 1.53. The van der Waals surface area contributed by atoms with Gasteiger partial charge in [0.15, 0.2) is 11.9 Å². The van der Waals surface area contributed by atoms with E-state index in [0.29, 0.717) is 25.3 Å². The molecule has 1 aliphatic carbocycles. The van der Waals surface area contributed by atoms with E-state index in [1.54, 1.807) is 11.8 Å². The van der Waals surface area contributed by atoms with Crippen LogP contribution in [0.1, 0.15) is 53.3 Å². The van der Waals surface area contributed by atoms with Crippen molar-refractivity contribution < 1.29 is 23.6 Å². The fourth-order valence-electron chi connectivity index (χ4n) is 5.54. The first kappa shape index (κ1) is 24.9. The third kappa shape index (κ3) is 4.70. The number of carbonyl (C=O) groups is 3. The Morgan fingerprint density at radius 2 is 2.11 bits per heavy atom. The second kappa shape index (κ2) is 8.81. The number of carbonyl (C=O) groups excluding carboxylic acids is 3. The summed E-state index contributed by atoms with van der Waals surface area (Å²) in [4.78, 5) is 44.9. The van der Waals surface area contributed by atoms with Gasteiger partial charge in [0.05, 0.1) is 6.07 Å². The number of likely N-dealkylation sites (tertiary alicyclic amines) is 1. The molecule has 11 nitrogen and oxygen atoms in total. The van der Waals surface area contributed by atoms with Crippen LogP contribution in [0.3, 0.4) is 0 Å². The number of nitrogens with one attached hydrogen (secondary N) is 2. The number of hydrogen-bond acceptors (Lipinski definition) is 8. The van der Waals surface area contributed by atoms with Crippen LogP contribution in [-0.2, 0) is 14.4 Å². The van der Waals surface area contributed by atoms with E-state index < -0.39 is 23.6 Å². The molecule has 190 valence electrons. The van der Waals surface area contributed by atoms with Crippen molar-refractivity contribution in [2.45, 2.75) is 72.6 Å². The molecule has 3 aliphatic rings. The number of nitriles is 1. The molecule has 2 aliphatic heterocycles. The zero-order chi connectivity index (χ0) is 25.7. The van der Waals surface area contributed by atoms with Crippen LogP contribution in [0.25, 0.3) is 0 Å². The van der Waals surface area contributed by atoms with Gasteiger partial charge in [-0.15, -0.1) is 0 Å². The van der Waals surface area contributed by atoms with Crippen LogP contribution < -0.4 is 15.4 Å². The van der Waals surface area contributed by atoms with E-state index in [1.807, 2.05) is 20.8 Å². The smallest absolute Gasteiger partial charge is 0.418 e. The highest BCUT2D eigenvalue weighted by molar-refractivity contribution is 5.92. The van der Waals surface area contributed by atoms with Crippen molar-refractivity contribution in [1.82, 2.24) is 25.7 Å². The van der Waals surface area contributed by atoms with E-state index in [0.717, 1.165) is 0 Å². The number of fused-ring (bicyclic) bond motifs is 1. The molecule has 11 heteroatoms. The van der Waals surface area contributed by atoms with E-state index in [4.69, 9.17) is 9.26 Å². The average Bonchev–Trinajstić information content (AvgIpc) is 3.27. The summed E-state index contributed by atoms with van der Waals surface area (Å²) in [5, 5.41) is 18.9. The van der Waals surface area contributed by atoms with E-state index in [9.17, 15) is 19.6 Å². The Morgan fingerprint density at radius 1 is 1.40 bits per heavy atom. The molecule has 6 atom stereocenters. The van der Waals surface area contributed by atoms with Crippen molar-refractivity contribution in [2.24, 2.45) is 28.6 Å². The van der Waals surface area contributed by atoms with Gasteiger partial charge >= 0.3 is 6.08 Å². The summed E-state index contributed by atoms with van der Waals surface area (Å²) in [7, 11) is 0. The van der Waals surface area contributed by atoms with Crippen LogP contribution in [-0.4, -0.2) is 64.0 Å². The molecular formula is C24H34N6O5. The van der Waals surface area contributed by atoms with Gasteiger partial charge in [0, 0.05) is 24.4 Å². The van der Waals surface area contributed by atoms with Crippen molar-refractivity contribution in [1.29, 1.82) is 5.26 Å². The number of aryl methyl sites for hydroxylation is 1. The number of ether oxygens (including phenoxy) is 1. The maximum Gasteiger partial charge on any atom is 0.418 e. The first-order valence-electron chi connectivity index (χ1n) is 12.1. The van der Waals surface area contributed by atoms with Crippen LogP contribution in [0.15, 0.2) is 4.52 Å². The second-order valence-corrected chi connectivity index (χ2v) is 11.6. The molecule has 0 bridgehead atoms. The van der Waals surface area contributed by atoms with Gasteiger partial charge in [-0.25, -0.2) is 0 Å².